The third kappa shape index (κ3) is 3.18. The molecular weight excluding hydrogens is 347 g/mol. The summed E-state index contributed by atoms with van der Waals surface area (Å²) in [6.45, 7) is 2.88. The number of rotatable bonds is 5. The van der Waals surface area contributed by atoms with Crippen molar-refractivity contribution >= 4 is 33.4 Å². The normalized spacial score (nSPS) is 14.6. The summed E-state index contributed by atoms with van der Waals surface area (Å²) in [6, 6.07) is 1.58. The maximum atomic E-state index is 13.5. The smallest absolute Gasteiger partial charge is 0.422 e. The molecule has 1 atom stereocenters. The predicted molar refractivity (Wildman–Crippen MR) is 80.8 cm³/mol. The Labute approximate surface area is 138 Å². The van der Waals surface area contributed by atoms with E-state index in [1.807, 2.05) is 0 Å². The molecule has 2 rings (SSSR count). The minimum absolute atomic E-state index is 0.284. The molecule has 130 valence electrons. The fraction of sp³-hybridized carbons (Fsp3) is 0.429. The van der Waals surface area contributed by atoms with E-state index in [1.54, 1.807) is 16.8 Å². The Bertz CT molecular complexity index is 775. The molecule has 6 nitrogen and oxygen atoms in total. The number of alkyl halides is 3. The third-order valence-electron chi connectivity index (χ3n) is 3.35. The molecule has 2 heterocycles. The van der Waals surface area contributed by atoms with E-state index in [9.17, 15) is 27.9 Å². The van der Waals surface area contributed by atoms with Gasteiger partial charge in [0.25, 0.3) is 5.91 Å². The molecule has 0 aromatic carbocycles. The highest BCUT2D eigenvalue weighted by Crippen LogP contribution is 2.36. The Hall–Kier alpha value is -2.23. The number of fused-ring (bicyclic) bond motifs is 1. The van der Waals surface area contributed by atoms with Crippen molar-refractivity contribution in [2.75, 3.05) is 0 Å². The summed E-state index contributed by atoms with van der Waals surface area (Å²) in [5, 5.41) is 12.5. The van der Waals surface area contributed by atoms with E-state index in [0.717, 1.165) is 17.7 Å². The minimum Gasteiger partial charge on any atom is -0.479 e. The van der Waals surface area contributed by atoms with Crippen LogP contribution in [0.15, 0.2) is 17.8 Å². The number of carboxylic acids is 1. The molecule has 0 saturated carbocycles. The maximum Gasteiger partial charge on any atom is 0.422 e. The fourth-order valence-electron chi connectivity index (χ4n) is 2.32. The lowest BCUT2D eigenvalue weighted by atomic mass is 9.87. The lowest BCUT2D eigenvalue weighted by molar-refractivity contribution is -0.211. The van der Waals surface area contributed by atoms with Gasteiger partial charge in [-0.3, -0.25) is 4.79 Å². The molecular formula is C14H14F3N3O3S. The standard InChI is InChI=1S/C14H14F3N3O3S/c1-7(2)5-13(12(22)23,14(15,16)17)20-11(21)9-10-8(3-4-24-10)18-6-19-9/h3-4,6-7H,5H2,1-2H3,(H,20,21)(H,22,23). The molecule has 0 aliphatic heterocycles. The fourth-order valence-corrected chi connectivity index (χ4v) is 3.15. The van der Waals surface area contributed by atoms with Gasteiger partial charge in [-0.1, -0.05) is 13.8 Å². The summed E-state index contributed by atoms with van der Waals surface area (Å²) in [5.74, 6) is -3.98. The van der Waals surface area contributed by atoms with Gasteiger partial charge in [-0.05, 0) is 23.8 Å². The number of halogens is 3. The second-order valence-electron chi connectivity index (χ2n) is 5.62. The third-order valence-corrected chi connectivity index (χ3v) is 4.26. The number of aliphatic carboxylic acids is 1. The Balaban J connectivity index is 2.47. The zero-order valence-corrected chi connectivity index (χ0v) is 13.5. The van der Waals surface area contributed by atoms with Crippen molar-refractivity contribution in [2.24, 2.45) is 5.92 Å². The van der Waals surface area contributed by atoms with Crippen molar-refractivity contribution in [2.45, 2.75) is 32.0 Å². The Morgan fingerprint density at radius 2 is 2.00 bits per heavy atom. The van der Waals surface area contributed by atoms with E-state index in [-0.39, 0.29) is 5.69 Å². The molecule has 2 aromatic heterocycles. The van der Waals surface area contributed by atoms with E-state index in [1.165, 1.54) is 13.8 Å². The van der Waals surface area contributed by atoms with Crippen molar-refractivity contribution in [1.82, 2.24) is 15.3 Å². The molecule has 2 aromatic rings. The lowest BCUT2D eigenvalue weighted by Crippen LogP contribution is -2.64. The Morgan fingerprint density at radius 1 is 1.33 bits per heavy atom. The van der Waals surface area contributed by atoms with Gasteiger partial charge in [-0.2, -0.15) is 13.2 Å². The number of nitrogens with zero attached hydrogens (tertiary/aromatic N) is 2. The first-order chi connectivity index (χ1) is 11.1. The van der Waals surface area contributed by atoms with E-state index in [0.29, 0.717) is 10.2 Å². The molecule has 2 N–H and O–H groups in total. The monoisotopic (exact) mass is 361 g/mol. The second-order valence-corrected chi connectivity index (χ2v) is 6.53. The first-order valence-corrected chi connectivity index (χ1v) is 7.77. The molecule has 0 fully saturated rings. The molecule has 0 bridgehead atoms. The van der Waals surface area contributed by atoms with E-state index in [4.69, 9.17) is 0 Å². The van der Waals surface area contributed by atoms with Crippen LogP contribution in [0.1, 0.15) is 30.8 Å². The first kappa shape index (κ1) is 18.1. The second kappa shape index (κ2) is 6.34. The summed E-state index contributed by atoms with van der Waals surface area (Å²) in [6.07, 6.45) is -4.92. The summed E-state index contributed by atoms with van der Waals surface area (Å²) in [4.78, 5) is 31.4. The molecule has 0 radical (unpaired) electrons. The van der Waals surface area contributed by atoms with Crippen LogP contribution in [0.25, 0.3) is 10.2 Å². The number of aromatic nitrogens is 2. The number of amides is 1. The molecule has 0 saturated heterocycles. The molecule has 0 aliphatic rings. The van der Waals surface area contributed by atoms with Gasteiger partial charge in [0, 0.05) is 0 Å². The van der Waals surface area contributed by atoms with E-state index >= 15 is 0 Å². The summed E-state index contributed by atoms with van der Waals surface area (Å²) in [7, 11) is 0. The van der Waals surface area contributed by atoms with Gasteiger partial charge in [0.2, 0.25) is 5.54 Å². The van der Waals surface area contributed by atoms with Gasteiger partial charge in [-0.25, -0.2) is 14.8 Å². The van der Waals surface area contributed by atoms with Crippen LogP contribution in [-0.2, 0) is 4.79 Å². The van der Waals surface area contributed by atoms with E-state index < -0.39 is 35.9 Å². The molecule has 10 heteroatoms. The van der Waals surface area contributed by atoms with Crippen LogP contribution in [0.3, 0.4) is 0 Å². The van der Waals surface area contributed by atoms with Crippen molar-refractivity contribution < 1.29 is 27.9 Å². The average molecular weight is 361 g/mol. The average Bonchev–Trinajstić information content (AvgIpc) is 2.92. The Morgan fingerprint density at radius 3 is 2.54 bits per heavy atom. The molecule has 0 aliphatic carbocycles. The van der Waals surface area contributed by atoms with Gasteiger partial charge in [0.15, 0.2) is 0 Å². The highest BCUT2D eigenvalue weighted by atomic mass is 32.1. The van der Waals surface area contributed by atoms with Crippen LogP contribution in [-0.4, -0.2) is 38.7 Å². The van der Waals surface area contributed by atoms with Gasteiger partial charge >= 0.3 is 12.1 Å². The zero-order chi connectivity index (χ0) is 18.1. The first-order valence-electron chi connectivity index (χ1n) is 6.89. The topological polar surface area (TPSA) is 92.2 Å². The van der Waals surface area contributed by atoms with Crippen LogP contribution in [0.4, 0.5) is 13.2 Å². The van der Waals surface area contributed by atoms with Crippen LogP contribution < -0.4 is 5.32 Å². The lowest BCUT2D eigenvalue weighted by Gasteiger charge is -2.33. The number of carbonyl (C=O) groups excluding carboxylic acids is 1. The summed E-state index contributed by atoms with van der Waals surface area (Å²) < 4.78 is 40.8. The maximum absolute atomic E-state index is 13.5. The molecule has 0 spiro atoms. The largest absolute Gasteiger partial charge is 0.479 e. The number of thiophene rings is 1. The van der Waals surface area contributed by atoms with Crippen molar-refractivity contribution in [3.8, 4) is 0 Å². The van der Waals surface area contributed by atoms with Crippen LogP contribution in [0, 0.1) is 5.92 Å². The van der Waals surface area contributed by atoms with Crippen LogP contribution >= 0.6 is 11.3 Å². The van der Waals surface area contributed by atoms with Gasteiger partial charge in [0.05, 0.1) is 10.2 Å². The Kier molecular flexibility index (Phi) is 4.79. The number of carboxylic acid groups (broad SMARTS) is 1. The van der Waals surface area contributed by atoms with Crippen LogP contribution in [0.2, 0.25) is 0 Å². The molecule has 1 unspecified atom stereocenters. The SMILES string of the molecule is CC(C)CC(NC(=O)c1ncnc2ccsc12)(C(=O)O)C(F)(F)F. The quantitative estimate of drug-likeness (QED) is 0.854. The van der Waals surface area contributed by atoms with Crippen molar-refractivity contribution in [1.29, 1.82) is 0 Å². The molecule has 1 amide bonds. The summed E-state index contributed by atoms with van der Waals surface area (Å²) >= 11 is 1.08. The highest BCUT2D eigenvalue weighted by Gasteiger charge is 2.62. The van der Waals surface area contributed by atoms with Crippen molar-refractivity contribution in [3.63, 3.8) is 0 Å². The predicted octanol–water partition coefficient (Wildman–Crippen LogP) is 2.85. The minimum atomic E-state index is -5.17. The zero-order valence-electron chi connectivity index (χ0n) is 12.7. The van der Waals surface area contributed by atoms with Crippen LogP contribution in [0.5, 0.6) is 0 Å². The van der Waals surface area contributed by atoms with Gasteiger partial charge in [-0.15, -0.1) is 11.3 Å². The van der Waals surface area contributed by atoms with E-state index in [2.05, 4.69) is 9.97 Å². The summed E-state index contributed by atoms with van der Waals surface area (Å²) in [5.41, 5.74) is -3.27. The number of hydrogen-bond acceptors (Lipinski definition) is 5. The number of nitrogens with one attached hydrogen (secondary N) is 1. The molecule has 24 heavy (non-hydrogen) atoms. The van der Waals surface area contributed by atoms with Crippen molar-refractivity contribution in [3.05, 3.63) is 23.5 Å². The number of carbonyl (C=O) groups is 2. The number of hydrogen-bond donors (Lipinski definition) is 2. The van der Waals surface area contributed by atoms with Gasteiger partial charge in [0.1, 0.15) is 12.0 Å². The van der Waals surface area contributed by atoms with Gasteiger partial charge < -0.3 is 10.4 Å². The highest BCUT2D eigenvalue weighted by molar-refractivity contribution is 7.17.